The fraction of sp³-hybridized carbons (Fsp3) is 0.526. The molecular weight excluding hydrogens is 274 g/mol. The Morgan fingerprint density at radius 2 is 1.82 bits per heavy atom. The molecule has 0 aliphatic heterocycles. The van der Waals surface area contributed by atoms with Crippen LogP contribution in [0.5, 0.6) is 0 Å². The smallest absolute Gasteiger partial charge is 0.222 e. The highest BCUT2D eigenvalue weighted by Gasteiger charge is 2.17. The fourth-order valence-electron chi connectivity index (χ4n) is 2.27. The normalized spacial score (nSPS) is 12.9. The molecule has 22 heavy (non-hydrogen) atoms. The molecular formula is C19H27NO2. The highest BCUT2D eigenvalue weighted by molar-refractivity contribution is 5.76. The van der Waals surface area contributed by atoms with E-state index < -0.39 is 5.60 Å². The van der Waals surface area contributed by atoms with Crippen LogP contribution in [0.15, 0.2) is 30.3 Å². The number of unbranched alkanes of at least 4 members (excludes halogenated alkanes) is 1. The minimum atomic E-state index is -1.01. The average Bonchev–Trinajstić information content (AvgIpc) is 2.52. The summed E-state index contributed by atoms with van der Waals surface area (Å²) < 4.78 is 0. The van der Waals surface area contributed by atoms with Gasteiger partial charge in [0.25, 0.3) is 0 Å². The van der Waals surface area contributed by atoms with E-state index in [1.165, 1.54) is 0 Å². The maximum atomic E-state index is 11.9. The molecule has 0 aliphatic rings. The molecule has 0 saturated heterocycles. The number of hydrogen-bond donors (Lipinski definition) is 1. The Morgan fingerprint density at radius 1 is 1.18 bits per heavy atom. The SMILES string of the molecule is CCN(CC)C(=O)CCCCC(C)(O)C#Cc1ccccc1. The van der Waals surface area contributed by atoms with Gasteiger partial charge in [-0.1, -0.05) is 30.0 Å². The van der Waals surface area contributed by atoms with Crippen LogP contribution >= 0.6 is 0 Å². The van der Waals surface area contributed by atoms with Gasteiger partial charge in [0.15, 0.2) is 0 Å². The zero-order valence-electron chi connectivity index (χ0n) is 13.9. The lowest BCUT2D eigenvalue weighted by Crippen LogP contribution is -2.30. The summed E-state index contributed by atoms with van der Waals surface area (Å²) in [7, 11) is 0. The topological polar surface area (TPSA) is 40.5 Å². The number of amides is 1. The molecule has 120 valence electrons. The quantitative estimate of drug-likeness (QED) is 0.620. The fourth-order valence-corrected chi connectivity index (χ4v) is 2.27. The molecule has 0 radical (unpaired) electrons. The van der Waals surface area contributed by atoms with Crippen LogP contribution in [0.1, 0.15) is 52.0 Å². The first kappa shape index (κ1) is 18.3. The molecule has 0 spiro atoms. The Morgan fingerprint density at radius 3 is 2.41 bits per heavy atom. The van der Waals surface area contributed by atoms with Crippen molar-refractivity contribution in [2.45, 2.75) is 52.1 Å². The van der Waals surface area contributed by atoms with Gasteiger partial charge in [-0.15, -0.1) is 0 Å². The lowest BCUT2D eigenvalue weighted by molar-refractivity contribution is -0.130. The summed E-state index contributed by atoms with van der Waals surface area (Å²) in [4.78, 5) is 13.7. The van der Waals surface area contributed by atoms with Crippen LogP contribution in [-0.4, -0.2) is 34.6 Å². The summed E-state index contributed by atoms with van der Waals surface area (Å²) in [5, 5.41) is 10.3. The van der Waals surface area contributed by atoms with Crippen molar-refractivity contribution in [1.29, 1.82) is 0 Å². The number of aliphatic hydroxyl groups is 1. The van der Waals surface area contributed by atoms with Crippen molar-refractivity contribution in [1.82, 2.24) is 4.90 Å². The third-order valence-electron chi connectivity index (χ3n) is 3.67. The number of rotatable bonds is 7. The maximum absolute atomic E-state index is 11.9. The van der Waals surface area contributed by atoms with Gasteiger partial charge < -0.3 is 10.0 Å². The van der Waals surface area contributed by atoms with Gasteiger partial charge in [0.2, 0.25) is 5.91 Å². The molecule has 0 saturated carbocycles. The molecule has 0 fully saturated rings. The molecule has 3 nitrogen and oxygen atoms in total. The molecule has 1 aromatic rings. The van der Waals surface area contributed by atoms with Crippen LogP contribution in [-0.2, 0) is 4.79 Å². The van der Waals surface area contributed by atoms with Crippen molar-refractivity contribution in [3.63, 3.8) is 0 Å². The molecule has 1 N–H and O–H groups in total. The van der Waals surface area contributed by atoms with Crippen LogP contribution in [0, 0.1) is 11.8 Å². The van der Waals surface area contributed by atoms with Crippen molar-refractivity contribution in [3.8, 4) is 11.8 Å². The van der Waals surface area contributed by atoms with Crippen LogP contribution in [0.4, 0.5) is 0 Å². The Hall–Kier alpha value is -1.79. The molecule has 1 aromatic carbocycles. The van der Waals surface area contributed by atoms with Gasteiger partial charge in [0.1, 0.15) is 5.60 Å². The van der Waals surface area contributed by atoms with E-state index in [-0.39, 0.29) is 5.91 Å². The molecule has 0 bridgehead atoms. The summed E-state index contributed by atoms with van der Waals surface area (Å²) in [6, 6.07) is 9.64. The van der Waals surface area contributed by atoms with Gasteiger partial charge in [0.05, 0.1) is 0 Å². The largest absolute Gasteiger partial charge is 0.378 e. The number of nitrogens with zero attached hydrogens (tertiary/aromatic N) is 1. The molecule has 3 heteroatoms. The third-order valence-corrected chi connectivity index (χ3v) is 3.67. The predicted molar refractivity (Wildman–Crippen MR) is 90.3 cm³/mol. The van der Waals surface area contributed by atoms with E-state index in [4.69, 9.17) is 0 Å². The lowest BCUT2D eigenvalue weighted by atomic mass is 9.98. The molecule has 1 amide bonds. The van der Waals surface area contributed by atoms with Crippen molar-refractivity contribution in [2.75, 3.05) is 13.1 Å². The highest BCUT2D eigenvalue weighted by atomic mass is 16.3. The second-order valence-electron chi connectivity index (χ2n) is 5.66. The van der Waals surface area contributed by atoms with Crippen LogP contribution in [0.25, 0.3) is 0 Å². The molecule has 0 heterocycles. The molecule has 1 rings (SSSR count). The number of benzene rings is 1. The van der Waals surface area contributed by atoms with Crippen LogP contribution in [0.3, 0.4) is 0 Å². The van der Waals surface area contributed by atoms with E-state index in [0.717, 1.165) is 31.5 Å². The zero-order valence-corrected chi connectivity index (χ0v) is 13.9. The van der Waals surface area contributed by atoms with Crippen molar-refractivity contribution >= 4 is 5.91 Å². The zero-order chi connectivity index (χ0) is 16.4. The van der Waals surface area contributed by atoms with E-state index in [9.17, 15) is 9.90 Å². The van der Waals surface area contributed by atoms with Gasteiger partial charge in [-0.25, -0.2) is 0 Å². The number of carbonyl (C=O) groups excluding carboxylic acids is 1. The highest BCUT2D eigenvalue weighted by Crippen LogP contribution is 2.14. The first-order chi connectivity index (χ1) is 10.5. The standard InChI is InChI=1S/C19H27NO2/c1-4-20(5-2)18(21)13-9-10-15-19(3,22)16-14-17-11-7-6-8-12-17/h6-8,11-12,22H,4-5,9-10,13,15H2,1-3H3. The second-order valence-corrected chi connectivity index (χ2v) is 5.66. The van der Waals surface area contributed by atoms with E-state index in [1.54, 1.807) is 6.92 Å². The van der Waals surface area contributed by atoms with Gasteiger partial charge in [-0.2, -0.15) is 0 Å². The first-order valence-electron chi connectivity index (χ1n) is 8.07. The Bertz CT molecular complexity index is 507. The summed E-state index contributed by atoms with van der Waals surface area (Å²) in [5.74, 6) is 6.11. The monoisotopic (exact) mass is 301 g/mol. The minimum absolute atomic E-state index is 0.194. The molecule has 1 unspecified atom stereocenters. The predicted octanol–water partition coefficient (Wildman–Crippen LogP) is 3.22. The summed E-state index contributed by atoms with van der Waals surface area (Å²) in [6.45, 7) is 7.23. The van der Waals surface area contributed by atoms with Crippen LogP contribution in [0.2, 0.25) is 0 Å². The summed E-state index contributed by atoms with van der Waals surface area (Å²) in [6.07, 6.45) is 2.71. The Balaban J connectivity index is 2.37. The van der Waals surface area contributed by atoms with E-state index in [0.29, 0.717) is 12.8 Å². The third kappa shape index (κ3) is 6.78. The van der Waals surface area contributed by atoms with Gasteiger partial charge in [-0.05, 0) is 52.2 Å². The average molecular weight is 301 g/mol. The molecule has 0 aromatic heterocycles. The number of hydrogen-bond acceptors (Lipinski definition) is 2. The second kappa shape index (κ2) is 9.27. The van der Waals surface area contributed by atoms with E-state index >= 15 is 0 Å². The summed E-state index contributed by atoms with van der Waals surface area (Å²) in [5.41, 5.74) is -0.104. The molecule has 0 aliphatic carbocycles. The van der Waals surface area contributed by atoms with Crippen LogP contribution < -0.4 is 0 Å². The van der Waals surface area contributed by atoms with Gasteiger partial charge >= 0.3 is 0 Å². The van der Waals surface area contributed by atoms with E-state index in [2.05, 4.69) is 11.8 Å². The van der Waals surface area contributed by atoms with Crippen molar-refractivity contribution < 1.29 is 9.90 Å². The van der Waals surface area contributed by atoms with E-state index in [1.807, 2.05) is 49.1 Å². The lowest BCUT2D eigenvalue weighted by Gasteiger charge is -2.19. The minimum Gasteiger partial charge on any atom is -0.378 e. The van der Waals surface area contributed by atoms with Crippen molar-refractivity contribution in [3.05, 3.63) is 35.9 Å². The Kier molecular flexibility index (Phi) is 7.70. The summed E-state index contributed by atoms with van der Waals surface area (Å²) >= 11 is 0. The Labute approximate surface area is 134 Å². The first-order valence-corrected chi connectivity index (χ1v) is 8.07. The molecule has 1 atom stereocenters. The van der Waals surface area contributed by atoms with Gasteiger partial charge in [0, 0.05) is 25.1 Å². The maximum Gasteiger partial charge on any atom is 0.222 e. The van der Waals surface area contributed by atoms with Crippen molar-refractivity contribution in [2.24, 2.45) is 0 Å². The number of carbonyl (C=O) groups is 1. The van der Waals surface area contributed by atoms with Gasteiger partial charge in [-0.3, -0.25) is 4.79 Å².